The summed E-state index contributed by atoms with van der Waals surface area (Å²) in [6.45, 7) is 6.58. The molecule has 0 aromatic heterocycles. The lowest BCUT2D eigenvalue weighted by Gasteiger charge is -2.21. The van der Waals surface area contributed by atoms with Gasteiger partial charge in [-0.1, -0.05) is 13.3 Å². The molecule has 0 radical (unpaired) electrons. The molecule has 1 aliphatic rings. The maximum Gasteiger partial charge on any atom is 0.323 e. The van der Waals surface area contributed by atoms with Crippen LogP contribution in [0.1, 0.15) is 46.5 Å². The summed E-state index contributed by atoms with van der Waals surface area (Å²) in [6.07, 6.45) is 4.48. The highest BCUT2D eigenvalue weighted by Crippen LogP contribution is 2.32. The van der Waals surface area contributed by atoms with Gasteiger partial charge in [0.15, 0.2) is 0 Å². The third-order valence-corrected chi connectivity index (χ3v) is 2.94. The van der Waals surface area contributed by atoms with E-state index in [4.69, 9.17) is 4.74 Å². The standard InChI is InChI=1S/C12H23NO2/c1-4-6-11(12(14)15-5-2)13-9(3)10-7-8-10/h9-11,13H,4-8H2,1-3H3. The first-order chi connectivity index (χ1) is 7.19. The fourth-order valence-corrected chi connectivity index (χ4v) is 1.85. The first-order valence-electron chi connectivity index (χ1n) is 6.11. The zero-order chi connectivity index (χ0) is 11.3. The third kappa shape index (κ3) is 4.20. The van der Waals surface area contributed by atoms with E-state index in [1.165, 1.54) is 12.8 Å². The minimum absolute atomic E-state index is 0.0909. The molecule has 1 fully saturated rings. The molecule has 3 nitrogen and oxygen atoms in total. The Hall–Kier alpha value is -0.570. The summed E-state index contributed by atoms with van der Waals surface area (Å²) in [7, 11) is 0. The highest BCUT2D eigenvalue weighted by Gasteiger charge is 2.31. The highest BCUT2D eigenvalue weighted by atomic mass is 16.5. The van der Waals surface area contributed by atoms with Crippen LogP contribution >= 0.6 is 0 Å². The first kappa shape index (κ1) is 12.5. The largest absolute Gasteiger partial charge is 0.465 e. The van der Waals surface area contributed by atoms with Crippen molar-refractivity contribution in [1.29, 1.82) is 0 Å². The van der Waals surface area contributed by atoms with E-state index in [9.17, 15) is 4.79 Å². The number of hydrogen-bond donors (Lipinski definition) is 1. The average Bonchev–Trinajstić information content (AvgIpc) is 3.00. The molecular weight excluding hydrogens is 190 g/mol. The van der Waals surface area contributed by atoms with Gasteiger partial charge in [-0.05, 0) is 39.0 Å². The lowest BCUT2D eigenvalue weighted by Crippen LogP contribution is -2.43. The van der Waals surface area contributed by atoms with Crippen LogP contribution in [0.15, 0.2) is 0 Å². The number of carbonyl (C=O) groups excluding carboxylic acids is 1. The van der Waals surface area contributed by atoms with Gasteiger partial charge in [-0.25, -0.2) is 0 Å². The Morgan fingerprint density at radius 2 is 2.13 bits per heavy atom. The van der Waals surface area contributed by atoms with Crippen molar-refractivity contribution in [2.45, 2.75) is 58.5 Å². The lowest BCUT2D eigenvalue weighted by molar-refractivity contribution is -0.146. The minimum atomic E-state index is -0.106. The molecule has 0 aromatic rings. The van der Waals surface area contributed by atoms with Crippen LogP contribution in [0.3, 0.4) is 0 Å². The molecule has 3 heteroatoms. The quantitative estimate of drug-likeness (QED) is 0.658. The molecule has 0 spiro atoms. The van der Waals surface area contributed by atoms with Crippen molar-refractivity contribution in [3.05, 3.63) is 0 Å². The molecule has 1 saturated carbocycles. The molecule has 0 bridgehead atoms. The van der Waals surface area contributed by atoms with Gasteiger partial charge in [0.1, 0.15) is 6.04 Å². The lowest BCUT2D eigenvalue weighted by atomic mass is 10.1. The van der Waals surface area contributed by atoms with E-state index in [2.05, 4.69) is 19.2 Å². The van der Waals surface area contributed by atoms with Crippen LogP contribution in [-0.2, 0) is 9.53 Å². The van der Waals surface area contributed by atoms with Gasteiger partial charge in [-0.15, -0.1) is 0 Å². The fourth-order valence-electron chi connectivity index (χ4n) is 1.85. The Morgan fingerprint density at radius 1 is 1.47 bits per heavy atom. The van der Waals surface area contributed by atoms with E-state index in [-0.39, 0.29) is 12.0 Å². The van der Waals surface area contributed by atoms with E-state index in [0.29, 0.717) is 12.6 Å². The Balaban J connectivity index is 2.37. The van der Waals surface area contributed by atoms with Crippen LogP contribution in [0, 0.1) is 5.92 Å². The molecule has 88 valence electrons. The first-order valence-corrected chi connectivity index (χ1v) is 6.11. The van der Waals surface area contributed by atoms with Crippen LogP contribution in [0.4, 0.5) is 0 Å². The molecule has 1 aliphatic carbocycles. The second-order valence-corrected chi connectivity index (χ2v) is 4.39. The van der Waals surface area contributed by atoms with Crippen molar-refractivity contribution in [2.24, 2.45) is 5.92 Å². The van der Waals surface area contributed by atoms with Gasteiger partial charge in [0, 0.05) is 6.04 Å². The Kier molecular flexibility index (Phi) is 5.09. The van der Waals surface area contributed by atoms with Crippen molar-refractivity contribution in [1.82, 2.24) is 5.32 Å². The number of esters is 1. The monoisotopic (exact) mass is 213 g/mol. The number of ether oxygens (including phenoxy) is 1. The van der Waals surface area contributed by atoms with E-state index in [0.717, 1.165) is 18.8 Å². The SMILES string of the molecule is CCCC(NC(C)C1CC1)C(=O)OCC. The van der Waals surface area contributed by atoms with Crippen LogP contribution in [-0.4, -0.2) is 24.7 Å². The molecule has 0 aliphatic heterocycles. The number of nitrogens with one attached hydrogen (secondary N) is 1. The van der Waals surface area contributed by atoms with Gasteiger partial charge in [0.05, 0.1) is 6.61 Å². The van der Waals surface area contributed by atoms with Crippen molar-refractivity contribution in [2.75, 3.05) is 6.61 Å². The van der Waals surface area contributed by atoms with E-state index < -0.39 is 0 Å². The van der Waals surface area contributed by atoms with Crippen molar-refractivity contribution >= 4 is 5.97 Å². The summed E-state index contributed by atoms with van der Waals surface area (Å²) in [4.78, 5) is 11.6. The number of hydrogen-bond acceptors (Lipinski definition) is 3. The molecule has 2 unspecified atom stereocenters. The molecule has 0 aromatic carbocycles. The summed E-state index contributed by atoms with van der Waals surface area (Å²) < 4.78 is 5.06. The molecule has 1 N–H and O–H groups in total. The van der Waals surface area contributed by atoms with E-state index in [1.807, 2.05) is 6.92 Å². The zero-order valence-corrected chi connectivity index (χ0v) is 10.1. The summed E-state index contributed by atoms with van der Waals surface area (Å²) >= 11 is 0. The summed E-state index contributed by atoms with van der Waals surface area (Å²) in [5, 5.41) is 3.39. The zero-order valence-electron chi connectivity index (χ0n) is 10.1. The van der Waals surface area contributed by atoms with Crippen molar-refractivity contribution < 1.29 is 9.53 Å². The molecule has 0 heterocycles. The van der Waals surface area contributed by atoms with Crippen LogP contribution in [0.2, 0.25) is 0 Å². The Morgan fingerprint density at radius 3 is 2.60 bits per heavy atom. The summed E-state index contributed by atoms with van der Waals surface area (Å²) in [5.41, 5.74) is 0. The second kappa shape index (κ2) is 6.11. The highest BCUT2D eigenvalue weighted by molar-refractivity contribution is 5.75. The van der Waals surface area contributed by atoms with Crippen molar-refractivity contribution in [3.8, 4) is 0 Å². The van der Waals surface area contributed by atoms with Crippen LogP contribution in [0.5, 0.6) is 0 Å². The third-order valence-electron chi connectivity index (χ3n) is 2.94. The summed E-state index contributed by atoms with van der Waals surface area (Å²) in [5.74, 6) is 0.686. The van der Waals surface area contributed by atoms with Gasteiger partial charge >= 0.3 is 5.97 Å². The predicted octanol–water partition coefficient (Wildman–Crippen LogP) is 2.11. The van der Waals surface area contributed by atoms with Crippen LogP contribution in [0.25, 0.3) is 0 Å². The molecule has 1 rings (SSSR count). The average molecular weight is 213 g/mol. The van der Waals surface area contributed by atoms with E-state index in [1.54, 1.807) is 0 Å². The van der Waals surface area contributed by atoms with Gasteiger partial charge in [0.2, 0.25) is 0 Å². The predicted molar refractivity (Wildman–Crippen MR) is 60.7 cm³/mol. The number of carbonyl (C=O) groups is 1. The fraction of sp³-hybridized carbons (Fsp3) is 0.917. The number of rotatable bonds is 7. The summed E-state index contributed by atoms with van der Waals surface area (Å²) in [6, 6.07) is 0.344. The van der Waals surface area contributed by atoms with Gasteiger partial charge in [-0.2, -0.15) is 0 Å². The molecule has 0 saturated heterocycles. The normalized spacial score (nSPS) is 19.7. The maximum absolute atomic E-state index is 11.6. The topological polar surface area (TPSA) is 38.3 Å². The van der Waals surface area contributed by atoms with Gasteiger partial charge < -0.3 is 10.1 Å². The molecule has 0 amide bonds. The molecular formula is C12H23NO2. The van der Waals surface area contributed by atoms with Crippen LogP contribution < -0.4 is 5.32 Å². The Bertz CT molecular complexity index is 202. The maximum atomic E-state index is 11.6. The molecule has 15 heavy (non-hydrogen) atoms. The van der Waals surface area contributed by atoms with Crippen molar-refractivity contribution in [3.63, 3.8) is 0 Å². The van der Waals surface area contributed by atoms with Gasteiger partial charge in [0.25, 0.3) is 0 Å². The second-order valence-electron chi connectivity index (χ2n) is 4.39. The minimum Gasteiger partial charge on any atom is -0.465 e. The molecule has 2 atom stereocenters. The smallest absolute Gasteiger partial charge is 0.323 e. The Labute approximate surface area is 92.6 Å². The van der Waals surface area contributed by atoms with E-state index >= 15 is 0 Å². The van der Waals surface area contributed by atoms with Gasteiger partial charge in [-0.3, -0.25) is 4.79 Å².